The Bertz CT molecular complexity index is 718. The van der Waals surface area contributed by atoms with Gasteiger partial charge in [-0.3, -0.25) is 9.48 Å². The van der Waals surface area contributed by atoms with Crippen molar-refractivity contribution in [3.8, 4) is 0 Å². The van der Waals surface area contributed by atoms with Crippen LogP contribution >= 0.6 is 39.1 Å². The molecule has 1 N–H and O–H groups in total. The summed E-state index contributed by atoms with van der Waals surface area (Å²) in [6.45, 7) is 0.247. The maximum absolute atomic E-state index is 12.2. The van der Waals surface area contributed by atoms with Crippen molar-refractivity contribution < 1.29 is 18.0 Å². The fraction of sp³-hybridized carbons (Fsp3) is 0.167. The Hall–Kier alpha value is -1.25. The van der Waals surface area contributed by atoms with Crippen LogP contribution in [0.4, 0.5) is 19.0 Å². The maximum Gasteiger partial charge on any atom is 0.471 e. The Morgan fingerprint density at radius 1 is 1.32 bits per heavy atom. The van der Waals surface area contributed by atoms with Crippen LogP contribution < -0.4 is 5.32 Å². The number of carbonyl (C=O) groups excluding carboxylic acids is 1. The largest absolute Gasteiger partial charge is 0.471 e. The van der Waals surface area contributed by atoms with Gasteiger partial charge in [-0.2, -0.15) is 18.3 Å². The molecular weight excluding hydrogens is 410 g/mol. The Kier molecular flexibility index (Phi) is 5.03. The molecule has 118 valence electrons. The van der Waals surface area contributed by atoms with E-state index in [4.69, 9.17) is 23.2 Å². The van der Waals surface area contributed by atoms with E-state index in [2.05, 4.69) is 21.0 Å². The summed E-state index contributed by atoms with van der Waals surface area (Å²) in [6.07, 6.45) is -3.54. The Labute approximate surface area is 141 Å². The average Bonchev–Trinajstić information content (AvgIpc) is 2.73. The zero-order valence-corrected chi connectivity index (χ0v) is 13.7. The van der Waals surface area contributed by atoms with E-state index in [-0.39, 0.29) is 16.8 Å². The predicted molar refractivity (Wildman–Crippen MR) is 80.2 cm³/mol. The fourth-order valence-electron chi connectivity index (χ4n) is 1.57. The molecule has 0 aliphatic rings. The molecule has 0 atom stereocenters. The molecule has 0 spiro atoms. The zero-order chi connectivity index (χ0) is 16.5. The summed E-state index contributed by atoms with van der Waals surface area (Å²) in [7, 11) is 0. The normalized spacial score (nSPS) is 11.5. The highest BCUT2D eigenvalue weighted by Crippen LogP contribution is 2.26. The quantitative estimate of drug-likeness (QED) is 0.800. The topological polar surface area (TPSA) is 46.9 Å². The van der Waals surface area contributed by atoms with E-state index in [9.17, 15) is 18.0 Å². The van der Waals surface area contributed by atoms with Crippen LogP contribution in [0.1, 0.15) is 5.56 Å². The Morgan fingerprint density at radius 3 is 2.59 bits per heavy atom. The molecule has 0 radical (unpaired) electrons. The SMILES string of the molecule is O=C(Nc1nn(Cc2ccc(Cl)c(Cl)c2)cc1Br)C(F)(F)F. The summed E-state index contributed by atoms with van der Waals surface area (Å²) < 4.78 is 38.2. The average molecular weight is 417 g/mol. The number of rotatable bonds is 3. The lowest BCUT2D eigenvalue weighted by Crippen LogP contribution is -2.30. The second-order valence-electron chi connectivity index (χ2n) is 4.22. The van der Waals surface area contributed by atoms with E-state index >= 15 is 0 Å². The molecule has 1 aromatic heterocycles. The van der Waals surface area contributed by atoms with Gasteiger partial charge in [0.05, 0.1) is 21.1 Å². The maximum atomic E-state index is 12.2. The standard InChI is InChI=1S/C12H7BrCl2F3N3O/c13-7-5-21(4-6-1-2-8(14)9(15)3-6)20-10(7)19-11(22)12(16,17)18/h1-3,5H,4H2,(H,19,20,22). The molecule has 22 heavy (non-hydrogen) atoms. The first kappa shape index (κ1) is 17.1. The fourth-order valence-corrected chi connectivity index (χ4v) is 2.30. The van der Waals surface area contributed by atoms with E-state index in [0.29, 0.717) is 10.0 Å². The van der Waals surface area contributed by atoms with Crippen LogP contribution in [0.25, 0.3) is 0 Å². The number of carbonyl (C=O) groups is 1. The molecule has 0 saturated carbocycles. The van der Waals surface area contributed by atoms with Gasteiger partial charge in [-0.25, -0.2) is 0 Å². The number of nitrogens with one attached hydrogen (secondary N) is 1. The van der Waals surface area contributed by atoms with Gasteiger partial charge in [0.15, 0.2) is 5.82 Å². The number of amides is 1. The zero-order valence-electron chi connectivity index (χ0n) is 10.6. The van der Waals surface area contributed by atoms with Gasteiger partial charge in [0.2, 0.25) is 0 Å². The third-order valence-electron chi connectivity index (χ3n) is 2.54. The van der Waals surface area contributed by atoms with Crippen LogP contribution in [-0.4, -0.2) is 21.9 Å². The second kappa shape index (κ2) is 6.47. The molecule has 1 amide bonds. The van der Waals surface area contributed by atoms with Crippen molar-refractivity contribution in [2.75, 3.05) is 5.32 Å². The van der Waals surface area contributed by atoms with Crippen LogP contribution in [0.15, 0.2) is 28.9 Å². The third-order valence-corrected chi connectivity index (χ3v) is 3.85. The molecule has 2 rings (SSSR count). The van der Waals surface area contributed by atoms with E-state index in [0.717, 1.165) is 5.56 Å². The first-order valence-electron chi connectivity index (χ1n) is 5.72. The minimum atomic E-state index is -4.98. The van der Waals surface area contributed by atoms with E-state index in [1.165, 1.54) is 10.9 Å². The monoisotopic (exact) mass is 415 g/mol. The molecule has 1 aromatic carbocycles. The van der Waals surface area contributed by atoms with Crippen molar-refractivity contribution in [3.63, 3.8) is 0 Å². The molecule has 0 aliphatic carbocycles. The van der Waals surface area contributed by atoms with Gasteiger partial charge >= 0.3 is 12.1 Å². The third kappa shape index (κ3) is 4.15. The molecule has 0 bridgehead atoms. The number of benzene rings is 1. The number of alkyl halides is 3. The molecular formula is C12H7BrCl2F3N3O. The number of hydrogen-bond donors (Lipinski definition) is 1. The summed E-state index contributed by atoms with van der Waals surface area (Å²) in [5.41, 5.74) is 0.748. The van der Waals surface area contributed by atoms with Gasteiger partial charge in [-0.15, -0.1) is 0 Å². The lowest BCUT2D eigenvalue weighted by atomic mass is 10.2. The summed E-state index contributed by atoms with van der Waals surface area (Å²) >= 11 is 14.7. The van der Waals surface area contributed by atoms with E-state index in [1.54, 1.807) is 23.5 Å². The first-order chi connectivity index (χ1) is 10.2. The summed E-state index contributed by atoms with van der Waals surface area (Å²) in [6, 6.07) is 4.93. The van der Waals surface area contributed by atoms with E-state index in [1.807, 2.05) is 0 Å². The van der Waals surface area contributed by atoms with Crippen molar-refractivity contribution in [3.05, 3.63) is 44.5 Å². The Balaban J connectivity index is 2.15. The minimum Gasteiger partial charge on any atom is -0.300 e. The van der Waals surface area contributed by atoms with Crippen molar-refractivity contribution in [2.45, 2.75) is 12.7 Å². The number of nitrogens with zero attached hydrogens (tertiary/aromatic N) is 2. The van der Waals surface area contributed by atoms with Crippen LogP contribution in [0, 0.1) is 0 Å². The molecule has 4 nitrogen and oxygen atoms in total. The van der Waals surface area contributed by atoms with Crippen LogP contribution in [-0.2, 0) is 11.3 Å². The molecule has 10 heteroatoms. The number of halogens is 6. The van der Waals surface area contributed by atoms with Crippen molar-refractivity contribution >= 4 is 50.9 Å². The highest BCUT2D eigenvalue weighted by molar-refractivity contribution is 9.10. The van der Waals surface area contributed by atoms with Crippen LogP contribution in [0.3, 0.4) is 0 Å². The highest BCUT2D eigenvalue weighted by atomic mass is 79.9. The molecule has 0 unspecified atom stereocenters. The van der Waals surface area contributed by atoms with Gasteiger partial charge in [0.1, 0.15) is 0 Å². The summed E-state index contributed by atoms with van der Waals surface area (Å²) in [5, 5.41) is 6.31. The van der Waals surface area contributed by atoms with Gasteiger partial charge < -0.3 is 5.32 Å². The number of anilines is 1. The van der Waals surface area contributed by atoms with Crippen molar-refractivity contribution in [2.24, 2.45) is 0 Å². The number of aromatic nitrogens is 2. The van der Waals surface area contributed by atoms with Gasteiger partial charge in [-0.1, -0.05) is 29.3 Å². The predicted octanol–water partition coefficient (Wildman–Crippen LogP) is 4.50. The molecule has 0 aliphatic heterocycles. The number of hydrogen-bond acceptors (Lipinski definition) is 2. The smallest absolute Gasteiger partial charge is 0.300 e. The first-order valence-corrected chi connectivity index (χ1v) is 7.27. The lowest BCUT2D eigenvalue weighted by molar-refractivity contribution is -0.167. The van der Waals surface area contributed by atoms with Gasteiger partial charge in [0.25, 0.3) is 0 Å². The van der Waals surface area contributed by atoms with Gasteiger partial charge in [-0.05, 0) is 33.6 Å². The summed E-state index contributed by atoms with van der Waals surface area (Å²) in [5.74, 6) is -2.31. The van der Waals surface area contributed by atoms with Crippen LogP contribution in [0.5, 0.6) is 0 Å². The van der Waals surface area contributed by atoms with Crippen molar-refractivity contribution in [1.29, 1.82) is 0 Å². The minimum absolute atomic E-state index is 0.220. The lowest BCUT2D eigenvalue weighted by Gasteiger charge is -2.06. The molecule has 0 saturated heterocycles. The highest BCUT2D eigenvalue weighted by Gasteiger charge is 2.39. The molecule has 0 fully saturated rings. The van der Waals surface area contributed by atoms with Crippen LogP contribution in [0.2, 0.25) is 10.0 Å². The van der Waals surface area contributed by atoms with E-state index < -0.39 is 12.1 Å². The molecule has 2 aromatic rings. The second-order valence-corrected chi connectivity index (χ2v) is 5.89. The van der Waals surface area contributed by atoms with Gasteiger partial charge in [0, 0.05) is 6.20 Å². The molecule has 1 heterocycles. The summed E-state index contributed by atoms with van der Waals surface area (Å²) in [4.78, 5) is 10.9. The Morgan fingerprint density at radius 2 is 2.00 bits per heavy atom. The van der Waals surface area contributed by atoms with Crippen molar-refractivity contribution in [1.82, 2.24) is 9.78 Å².